The molecule has 1 unspecified atom stereocenters. The van der Waals surface area contributed by atoms with Gasteiger partial charge >= 0.3 is 12.1 Å². The molecule has 2 heterocycles. The highest BCUT2D eigenvalue weighted by molar-refractivity contribution is 6.30. The molecule has 0 saturated carbocycles. The molecule has 41 heavy (non-hydrogen) atoms. The van der Waals surface area contributed by atoms with Crippen LogP contribution in [0.15, 0.2) is 60.7 Å². The van der Waals surface area contributed by atoms with Crippen LogP contribution in [-0.2, 0) is 27.8 Å². The highest BCUT2D eigenvalue weighted by atomic mass is 35.5. The monoisotopic (exact) mass is 590 g/mol. The third kappa shape index (κ3) is 5.63. The number of halogens is 5. The molecule has 3 aromatic rings. The van der Waals surface area contributed by atoms with E-state index in [0.29, 0.717) is 23.1 Å². The van der Waals surface area contributed by atoms with Gasteiger partial charge < -0.3 is 14.8 Å². The van der Waals surface area contributed by atoms with E-state index in [4.69, 9.17) is 21.1 Å². The lowest BCUT2D eigenvalue weighted by Gasteiger charge is -2.23. The van der Waals surface area contributed by atoms with Gasteiger partial charge in [-0.2, -0.15) is 13.2 Å². The molecule has 3 aromatic carbocycles. The molecule has 0 spiro atoms. The largest absolute Gasteiger partial charge is 0.496 e. The number of anilines is 1. The van der Waals surface area contributed by atoms with Crippen molar-refractivity contribution in [3.05, 3.63) is 93.5 Å². The number of alkyl halides is 4. The number of ether oxygens (including phenoxy) is 2. The highest BCUT2D eigenvalue weighted by Gasteiger charge is 2.55. The van der Waals surface area contributed by atoms with Gasteiger partial charge in [0.05, 0.1) is 23.9 Å². The minimum atomic E-state index is -4.76. The second kappa shape index (κ2) is 11.3. The van der Waals surface area contributed by atoms with Crippen LogP contribution in [-0.4, -0.2) is 38.3 Å². The average molecular weight is 591 g/mol. The maximum absolute atomic E-state index is 16.9. The Balaban J connectivity index is 1.41. The molecule has 216 valence electrons. The zero-order valence-corrected chi connectivity index (χ0v) is 22.8. The topological polar surface area (TPSA) is 67.9 Å². The minimum absolute atomic E-state index is 0.0292. The summed E-state index contributed by atoms with van der Waals surface area (Å²) in [5.41, 5.74) is -3.84. The van der Waals surface area contributed by atoms with Crippen LogP contribution in [0.1, 0.15) is 51.9 Å². The molecule has 0 bridgehead atoms. The standard InChI is InChI=1S/C30H27ClF4N2O4/c1-40-26-12-10-21(31)16-24(26)29(32)23-11-9-20(30(33,34)35)15-25(23)37(28(29)39)17-41-27(38)19-7-5-18(6-8-19)14-22-4-2-3-13-36-22/h5-12,15-16,22,36H,2-4,13-14,17H2,1H3/t22?,29-/m0/s1. The van der Waals surface area contributed by atoms with Crippen molar-refractivity contribution in [2.45, 2.75) is 43.6 Å². The second-order valence-electron chi connectivity index (χ2n) is 10.1. The molecular weight excluding hydrogens is 564 g/mol. The molecule has 1 fully saturated rings. The van der Waals surface area contributed by atoms with Crippen LogP contribution in [0.5, 0.6) is 5.75 Å². The highest BCUT2D eigenvalue weighted by Crippen LogP contribution is 2.51. The molecule has 0 aromatic heterocycles. The number of carbonyl (C=O) groups excluding carboxylic acids is 2. The van der Waals surface area contributed by atoms with Gasteiger partial charge in [0.15, 0.2) is 6.73 Å². The summed E-state index contributed by atoms with van der Waals surface area (Å²) in [5, 5.41) is 3.55. The van der Waals surface area contributed by atoms with Crippen LogP contribution in [0.25, 0.3) is 0 Å². The Labute approximate surface area is 239 Å². The Morgan fingerprint density at radius 2 is 1.83 bits per heavy atom. The summed E-state index contributed by atoms with van der Waals surface area (Å²) in [7, 11) is 1.26. The van der Waals surface area contributed by atoms with Gasteiger partial charge in [-0.25, -0.2) is 9.18 Å². The van der Waals surface area contributed by atoms with E-state index in [0.717, 1.165) is 43.9 Å². The Morgan fingerprint density at radius 1 is 1.07 bits per heavy atom. The van der Waals surface area contributed by atoms with Crippen LogP contribution in [0.3, 0.4) is 0 Å². The maximum atomic E-state index is 16.9. The zero-order chi connectivity index (χ0) is 29.4. The zero-order valence-electron chi connectivity index (χ0n) is 22.1. The van der Waals surface area contributed by atoms with Gasteiger partial charge in [0.2, 0.25) is 5.67 Å². The summed E-state index contributed by atoms with van der Waals surface area (Å²) in [6.07, 6.45) is -0.567. The van der Waals surface area contributed by atoms with E-state index in [1.54, 1.807) is 24.3 Å². The Morgan fingerprint density at radius 3 is 2.49 bits per heavy atom. The van der Waals surface area contributed by atoms with E-state index in [1.807, 2.05) is 0 Å². The summed E-state index contributed by atoms with van der Waals surface area (Å²) in [4.78, 5) is 27.1. The number of nitrogens with one attached hydrogen (secondary N) is 1. The predicted molar refractivity (Wildman–Crippen MR) is 145 cm³/mol. The van der Waals surface area contributed by atoms with Crippen LogP contribution in [0, 0.1) is 0 Å². The number of esters is 1. The number of rotatable bonds is 7. The van der Waals surface area contributed by atoms with Crippen LogP contribution in [0.4, 0.5) is 23.2 Å². The summed E-state index contributed by atoms with van der Waals surface area (Å²) in [5.74, 6) is -2.08. The Kier molecular flexibility index (Phi) is 7.98. The van der Waals surface area contributed by atoms with Crippen LogP contribution < -0.4 is 15.0 Å². The minimum Gasteiger partial charge on any atom is -0.496 e. The number of hydrogen-bond donors (Lipinski definition) is 1. The maximum Gasteiger partial charge on any atom is 0.416 e. The van der Waals surface area contributed by atoms with Crippen molar-refractivity contribution in [3.63, 3.8) is 0 Å². The third-order valence-corrected chi connectivity index (χ3v) is 7.70. The fraction of sp³-hybridized carbons (Fsp3) is 0.333. The van der Waals surface area contributed by atoms with Gasteiger partial charge in [-0.15, -0.1) is 0 Å². The molecule has 2 atom stereocenters. The molecule has 0 aliphatic carbocycles. The normalized spacial score (nSPS) is 20.6. The molecule has 11 heteroatoms. The molecule has 1 N–H and O–H groups in total. The van der Waals surface area contributed by atoms with Crippen molar-refractivity contribution >= 4 is 29.2 Å². The summed E-state index contributed by atoms with van der Waals surface area (Å²) >= 11 is 6.08. The van der Waals surface area contributed by atoms with E-state index in [2.05, 4.69) is 5.32 Å². The van der Waals surface area contributed by atoms with Crippen LogP contribution >= 0.6 is 11.6 Å². The van der Waals surface area contributed by atoms with Crippen molar-refractivity contribution < 1.29 is 36.6 Å². The van der Waals surface area contributed by atoms with E-state index in [1.165, 1.54) is 25.3 Å². The second-order valence-corrected chi connectivity index (χ2v) is 10.5. The number of amides is 1. The van der Waals surface area contributed by atoms with Crippen molar-refractivity contribution in [2.24, 2.45) is 0 Å². The number of methoxy groups -OCH3 is 1. The Bertz CT molecular complexity index is 1460. The first-order valence-electron chi connectivity index (χ1n) is 13.1. The molecular formula is C30H27ClF4N2O4. The first kappa shape index (κ1) is 28.9. The number of benzene rings is 3. The van der Waals surface area contributed by atoms with Crippen molar-refractivity contribution in [2.75, 3.05) is 25.3 Å². The summed E-state index contributed by atoms with van der Waals surface area (Å²) in [6.45, 7) is 0.163. The molecule has 0 radical (unpaired) electrons. The first-order chi connectivity index (χ1) is 19.5. The smallest absolute Gasteiger partial charge is 0.416 e. The molecule has 6 nitrogen and oxygen atoms in total. The third-order valence-electron chi connectivity index (χ3n) is 7.47. The number of fused-ring (bicyclic) bond motifs is 1. The lowest BCUT2D eigenvalue weighted by atomic mass is 9.88. The number of hydrogen-bond acceptors (Lipinski definition) is 5. The van der Waals surface area contributed by atoms with Crippen molar-refractivity contribution in [3.8, 4) is 5.75 Å². The fourth-order valence-corrected chi connectivity index (χ4v) is 5.51. The van der Waals surface area contributed by atoms with Gasteiger partial charge in [-0.05, 0) is 73.8 Å². The van der Waals surface area contributed by atoms with E-state index in [9.17, 15) is 22.8 Å². The number of carbonyl (C=O) groups is 2. The molecule has 1 amide bonds. The summed E-state index contributed by atoms with van der Waals surface area (Å²) in [6, 6.07) is 13.3. The van der Waals surface area contributed by atoms with Gasteiger partial charge in [0.1, 0.15) is 5.75 Å². The van der Waals surface area contributed by atoms with Gasteiger partial charge in [-0.3, -0.25) is 9.69 Å². The number of nitrogens with zero attached hydrogens (tertiary/aromatic N) is 1. The first-order valence-corrected chi connectivity index (χ1v) is 13.5. The van der Waals surface area contributed by atoms with Crippen LogP contribution in [0.2, 0.25) is 5.02 Å². The van der Waals surface area contributed by atoms with E-state index in [-0.39, 0.29) is 33.1 Å². The van der Waals surface area contributed by atoms with Gasteiger partial charge in [-0.1, -0.05) is 36.2 Å². The fourth-order valence-electron chi connectivity index (χ4n) is 5.34. The average Bonchev–Trinajstić information content (AvgIpc) is 3.18. The quantitative estimate of drug-likeness (QED) is 0.254. The summed E-state index contributed by atoms with van der Waals surface area (Å²) < 4.78 is 68.1. The lowest BCUT2D eigenvalue weighted by Crippen LogP contribution is -2.40. The Hall–Kier alpha value is -3.63. The molecule has 2 aliphatic heterocycles. The van der Waals surface area contributed by atoms with Gasteiger partial charge in [0.25, 0.3) is 5.91 Å². The van der Waals surface area contributed by atoms with E-state index < -0.39 is 36.0 Å². The van der Waals surface area contributed by atoms with E-state index >= 15 is 4.39 Å². The van der Waals surface area contributed by atoms with Crippen molar-refractivity contribution in [1.82, 2.24) is 5.32 Å². The van der Waals surface area contributed by atoms with Gasteiger partial charge in [0, 0.05) is 22.2 Å². The number of piperidine rings is 1. The molecule has 5 rings (SSSR count). The van der Waals surface area contributed by atoms with Crippen molar-refractivity contribution in [1.29, 1.82) is 0 Å². The predicted octanol–water partition coefficient (Wildman–Crippen LogP) is 6.43. The molecule has 2 aliphatic rings. The molecule has 1 saturated heterocycles. The lowest BCUT2D eigenvalue weighted by molar-refractivity contribution is -0.137. The SMILES string of the molecule is COc1ccc(Cl)cc1[C@]1(F)C(=O)N(COC(=O)c2ccc(CC3CCCCN3)cc2)c2cc(C(F)(F)F)ccc21.